The average molecular weight is 249 g/mol. The minimum absolute atomic E-state index is 0.215. The van der Waals surface area contributed by atoms with Gasteiger partial charge in [-0.25, -0.2) is 0 Å². The van der Waals surface area contributed by atoms with E-state index in [0.717, 1.165) is 13.0 Å². The van der Waals surface area contributed by atoms with Gasteiger partial charge in [0.25, 0.3) is 0 Å². The number of methoxy groups -OCH3 is 1. The Kier molecular flexibility index (Phi) is 5.36. The summed E-state index contributed by atoms with van der Waals surface area (Å²) in [5.74, 6) is 0. The highest BCUT2D eigenvalue weighted by Gasteiger charge is 2.31. The fraction of sp³-hybridized carbons (Fsp3) is 0.625. The molecule has 0 fully saturated rings. The minimum Gasteiger partial charge on any atom is -0.377 e. The van der Waals surface area contributed by atoms with E-state index in [0.29, 0.717) is 0 Å². The lowest BCUT2D eigenvalue weighted by Gasteiger charge is -2.35. The quantitative estimate of drug-likeness (QED) is 0.828. The van der Waals surface area contributed by atoms with Crippen LogP contribution in [0.5, 0.6) is 0 Å². The number of ether oxygens (including phenoxy) is 1. The molecule has 0 aliphatic rings. The van der Waals surface area contributed by atoms with Crippen LogP contribution in [0.1, 0.15) is 49.9 Å². The molecule has 0 aliphatic heterocycles. The van der Waals surface area contributed by atoms with Crippen molar-refractivity contribution in [1.29, 1.82) is 0 Å². The predicted molar refractivity (Wildman–Crippen MR) is 78.0 cm³/mol. The first-order chi connectivity index (χ1) is 8.44. The van der Waals surface area contributed by atoms with Gasteiger partial charge in [-0.1, -0.05) is 25.1 Å². The molecule has 0 spiro atoms. The number of nitrogens with one attached hydrogen (secondary N) is 1. The van der Waals surface area contributed by atoms with Crippen molar-refractivity contribution in [3.63, 3.8) is 0 Å². The van der Waals surface area contributed by atoms with Crippen LogP contribution in [0.3, 0.4) is 0 Å². The molecule has 0 bridgehead atoms. The third kappa shape index (κ3) is 3.33. The van der Waals surface area contributed by atoms with Crippen LogP contribution in [0.4, 0.5) is 0 Å². The highest BCUT2D eigenvalue weighted by molar-refractivity contribution is 5.36. The van der Waals surface area contributed by atoms with Crippen molar-refractivity contribution >= 4 is 0 Å². The number of rotatable bonds is 6. The highest BCUT2D eigenvalue weighted by atomic mass is 16.5. The van der Waals surface area contributed by atoms with Gasteiger partial charge in [0.15, 0.2) is 0 Å². The number of aryl methyl sites for hydroxylation is 1. The Morgan fingerprint density at radius 1 is 1.28 bits per heavy atom. The van der Waals surface area contributed by atoms with Crippen molar-refractivity contribution in [1.82, 2.24) is 5.32 Å². The molecular weight excluding hydrogens is 222 g/mol. The Balaban J connectivity index is 3.13. The van der Waals surface area contributed by atoms with Crippen LogP contribution in [0.2, 0.25) is 0 Å². The van der Waals surface area contributed by atoms with Crippen molar-refractivity contribution < 1.29 is 4.74 Å². The monoisotopic (exact) mass is 249 g/mol. The Labute approximate surface area is 112 Å². The lowest BCUT2D eigenvalue weighted by Crippen LogP contribution is -2.41. The average Bonchev–Trinajstić information content (AvgIpc) is 2.34. The summed E-state index contributed by atoms with van der Waals surface area (Å²) in [6.07, 6.45) is 1.13. The predicted octanol–water partition coefficient (Wildman–Crippen LogP) is 3.77. The topological polar surface area (TPSA) is 21.3 Å². The zero-order valence-corrected chi connectivity index (χ0v) is 12.6. The summed E-state index contributed by atoms with van der Waals surface area (Å²) in [6, 6.07) is 6.72. The molecule has 1 atom stereocenters. The van der Waals surface area contributed by atoms with E-state index < -0.39 is 0 Å². The van der Waals surface area contributed by atoms with Crippen molar-refractivity contribution in [2.24, 2.45) is 0 Å². The molecule has 1 aromatic rings. The zero-order chi connectivity index (χ0) is 13.8. The van der Waals surface area contributed by atoms with Gasteiger partial charge >= 0.3 is 0 Å². The Morgan fingerprint density at radius 3 is 2.50 bits per heavy atom. The maximum absolute atomic E-state index is 5.68. The molecule has 18 heavy (non-hydrogen) atoms. The molecule has 0 amide bonds. The fourth-order valence-corrected chi connectivity index (χ4v) is 2.22. The summed E-state index contributed by atoms with van der Waals surface area (Å²) in [5.41, 5.74) is 3.82. The standard InChI is InChI=1S/C16H27NO/c1-7-11-17-15(16(4,5)18-6)14-10-8-9-12(2)13(14)3/h8-10,15,17H,7,11H2,1-6H3. The van der Waals surface area contributed by atoms with Crippen molar-refractivity contribution in [2.75, 3.05) is 13.7 Å². The number of hydrogen-bond acceptors (Lipinski definition) is 2. The summed E-state index contributed by atoms with van der Waals surface area (Å²) in [5, 5.41) is 3.62. The zero-order valence-electron chi connectivity index (χ0n) is 12.6. The molecule has 102 valence electrons. The second-order valence-electron chi connectivity index (χ2n) is 5.48. The van der Waals surface area contributed by atoms with Crippen LogP contribution in [0, 0.1) is 13.8 Å². The maximum atomic E-state index is 5.68. The molecule has 0 aliphatic carbocycles. The molecule has 1 unspecified atom stereocenters. The summed E-state index contributed by atoms with van der Waals surface area (Å²) in [6.45, 7) is 11.8. The lowest BCUT2D eigenvalue weighted by molar-refractivity contribution is -0.0112. The number of benzene rings is 1. The van der Waals surface area contributed by atoms with E-state index in [1.807, 2.05) is 0 Å². The van der Waals surface area contributed by atoms with Crippen LogP contribution in [0.25, 0.3) is 0 Å². The largest absolute Gasteiger partial charge is 0.377 e. The molecule has 0 saturated heterocycles. The van der Waals surface area contributed by atoms with Crippen LogP contribution in [-0.4, -0.2) is 19.3 Å². The Bertz CT molecular complexity index is 385. The molecule has 1 rings (SSSR count). The van der Waals surface area contributed by atoms with Gasteiger partial charge in [0.2, 0.25) is 0 Å². The number of hydrogen-bond donors (Lipinski definition) is 1. The van der Waals surface area contributed by atoms with Crippen molar-refractivity contribution in [2.45, 2.75) is 52.7 Å². The van der Waals surface area contributed by atoms with Crippen LogP contribution in [-0.2, 0) is 4.74 Å². The maximum Gasteiger partial charge on any atom is 0.0816 e. The fourth-order valence-electron chi connectivity index (χ4n) is 2.22. The first-order valence-corrected chi connectivity index (χ1v) is 6.78. The second kappa shape index (κ2) is 6.35. The Hall–Kier alpha value is -0.860. The summed E-state index contributed by atoms with van der Waals surface area (Å²) >= 11 is 0. The van der Waals surface area contributed by atoms with E-state index in [2.05, 4.69) is 58.1 Å². The summed E-state index contributed by atoms with van der Waals surface area (Å²) in [7, 11) is 1.78. The SMILES string of the molecule is CCCNC(c1cccc(C)c1C)C(C)(C)OC. The van der Waals surface area contributed by atoms with E-state index in [1.54, 1.807) is 7.11 Å². The first-order valence-electron chi connectivity index (χ1n) is 6.78. The molecule has 2 heteroatoms. The highest BCUT2D eigenvalue weighted by Crippen LogP contribution is 2.31. The minimum atomic E-state index is -0.215. The summed E-state index contributed by atoms with van der Waals surface area (Å²) in [4.78, 5) is 0. The van der Waals surface area contributed by atoms with Gasteiger partial charge in [-0.3, -0.25) is 0 Å². The van der Waals surface area contributed by atoms with E-state index >= 15 is 0 Å². The van der Waals surface area contributed by atoms with Crippen LogP contribution < -0.4 is 5.32 Å². The van der Waals surface area contributed by atoms with Gasteiger partial charge in [-0.15, -0.1) is 0 Å². The van der Waals surface area contributed by atoms with Crippen LogP contribution >= 0.6 is 0 Å². The van der Waals surface area contributed by atoms with E-state index in [1.165, 1.54) is 16.7 Å². The van der Waals surface area contributed by atoms with Gasteiger partial charge in [-0.2, -0.15) is 0 Å². The first kappa shape index (κ1) is 15.2. The molecule has 0 aromatic heterocycles. The van der Waals surface area contributed by atoms with E-state index in [4.69, 9.17) is 4.74 Å². The van der Waals surface area contributed by atoms with Crippen molar-refractivity contribution in [3.05, 3.63) is 34.9 Å². The molecule has 0 saturated carbocycles. The molecule has 0 radical (unpaired) electrons. The third-order valence-electron chi connectivity index (χ3n) is 3.78. The van der Waals surface area contributed by atoms with E-state index in [9.17, 15) is 0 Å². The van der Waals surface area contributed by atoms with Gasteiger partial charge in [0.1, 0.15) is 0 Å². The van der Waals surface area contributed by atoms with Gasteiger partial charge in [0.05, 0.1) is 11.6 Å². The third-order valence-corrected chi connectivity index (χ3v) is 3.78. The van der Waals surface area contributed by atoms with Crippen LogP contribution in [0.15, 0.2) is 18.2 Å². The smallest absolute Gasteiger partial charge is 0.0816 e. The molecule has 1 aromatic carbocycles. The molecule has 0 heterocycles. The van der Waals surface area contributed by atoms with Crippen molar-refractivity contribution in [3.8, 4) is 0 Å². The molecule has 1 N–H and O–H groups in total. The Morgan fingerprint density at radius 2 is 1.94 bits per heavy atom. The second-order valence-corrected chi connectivity index (χ2v) is 5.48. The molecule has 2 nitrogen and oxygen atoms in total. The van der Waals surface area contributed by atoms with E-state index in [-0.39, 0.29) is 11.6 Å². The normalized spacial score (nSPS) is 13.7. The molecular formula is C16H27NO. The van der Waals surface area contributed by atoms with Gasteiger partial charge < -0.3 is 10.1 Å². The van der Waals surface area contributed by atoms with Gasteiger partial charge in [-0.05, 0) is 57.4 Å². The lowest BCUT2D eigenvalue weighted by atomic mass is 9.87. The van der Waals surface area contributed by atoms with Gasteiger partial charge in [0, 0.05) is 7.11 Å². The summed E-state index contributed by atoms with van der Waals surface area (Å²) < 4.78 is 5.68.